The third-order valence-corrected chi connectivity index (χ3v) is 3.71. The minimum atomic E-state index is -0.813. The Morgan fingerprint density at radius 1 is 1.30 bits per heavy atom. The Bertz CT molecular complexity index is 736. The lowest BCUT2D eigenvalue weighted by Crippen LogP contribution is -2.45. The second kappa shape index (κ2) is 6.24. The van der Waals surface area contributed by atoms with Crippen molar-refractivity contribution >= 4 is 17.4 Å². The molecule has 1 atom stereocenters. The van der Waals surface area contributed by atoms with E-state index in [2.05, 4.69) is 5.32 Å². The highest BCUT2D eigenvalue weighted by atomic mass is 19.1. The quantitative estimate of drug-likeness (QED) is 0.903. The second-order valence-electron chi connectivity index (χ2n) is 5.28. The molecule has 1 aliphatic heterocycles. The number of ether oxygens (including phenoxy) is 1. The van der Waals surface area contributed by atoms with E-state index in [1.165, 1.54) is 11.0 Å². The van der Waals surface area contributed by atoms with Crippen molar-refractivity contribution in [2.75, 3.05) is 16.8 Å². The first-order valence-electron chi connectivity index (χ1n) is 7.37. The first kappa shape index (κ1) is 15.3. The van der Waals surface area contributed by atoms with Crippen molar-refractivity contribution in [2.24, 2.45) is 0 Å². The van der Waals surface area contributed by atoms with Crippen LogP contribution >= 0.6 is 0 Å². The van der Waals surface area contributed by atoms with Gasteiger partial charge in [-0.1, -0.05) is 19.1 Å². The summed E-state index contributed by atoms with van der Waals surface area (Å²) in [6, 6.07) is 9.73. The number of nitrogens with zero attached hydrogens (tertiary/aromatic N) is 1. The lowest BCUT2D eigenvalue weighted by Gasteiger charge is -2.34. The van der Waals surface area contributed by atoms with Gasteiger partial charge in [0.1, 0.15) is 23.5 Å². The van der Waals surface area contributed by atoms with Crippen molar-refractivity contribution in [3.05, 3.63) is 54.1 Å². The normalized spacial score (nSPS) is 16.5. The molecule has 0 aliphatic carbocycles. The van der Waals surface area contributed by atoms with Crippen molar-refractivity contribution in [3.63, 3.8) is 0 Å². The van der Waals surface area contributed by atoms with Crippen LogP contribution in [0.5, 0.6) is 5.75 Å². The van der Waals surface area contributed by atoms with Crippen LogP contribution in [0.15, 0.2) is 42.5 Å². The summed E-state index contributed by atoms with van der Waals surface area (Å²) in [7, 11) is 0. The lowest BCUT2D eigenvalue weighted by atomic mass is 10.1. The molecule has 1 N–H and O–H groups in total. The minimum absolute atomic E-state index is 0.0616. The molecule has 2 aromatic carbocycles. The van der Waals surface area contributed by atoms with Crippen molar-refractivity contribution < 1.29 is 18.3 Å². The van der Waals surface area contributed by atoms with E-state index in [1.54, 1.807) is 18.2 Å². The molecule has 2 amide bonds. The number of urea groups is 1. The zero-order valence-electron chi connectivity index (χ0n) is 12.6. The number of anilines is 2. The first-order valence-corrected chi connectivity index (χ1v) is 7.37. The molecule has 0 aromatic heterocycles. The smallest absolute Gasteiger partial charge is 0.326 e. The van der Waals surface area contributed by atoms with E-state index in [-0.39, 0.29) is 11.8 Å². The van der Waals surface area contributed by atoms with E-state index in [0.29, 0.717) is 18.0 Å². The molecule has 0 fully saturated rings. The van der Waals surface area contributed by atoms with E-state index in [0.717, 1.165) is 18.6 Å². The van der Waals surface area contributed by atoms with Crippen molar-refractivity contribution in [1.82, 2.24) is 0 Å². The van der Waals surface area contributed by atoms with Crippen LogP contribution in [-0.2, 0) is 0 Å². The Morgan fingerprint density at radius 2 is 2.09 bits per heavy atom. The molecule has 0 spiro atoms. The van der Waals surface area contributed by atoms with Crippen LogP contribution in [0.4, 0.5) is 25.0 Å². The molecule has 0 bridgehead atoms. The highest BCUT2D eigenvalue weighted by Crippen LogP contribution is 2.34. The standard InChI is InChI=1S/C17H16F2N2O2/c1-2-12-10-21(15-5-3-4-6-16(15)23-12)17(22)20-14-8-7-11(18)9-13(14)19/h3-9,12H,2,10H2,1H3,(H,20,22). The number of nitrogens with one attached hydrogen (secondary N) is 1. The molecule has 0 saturated heterocycles. The number of carbonyl (C=O) groups is 1. The maximum absolute atomic E-state index is 13.7. The first-order chi connectivity index (χ1) is 11.1. The Morgan fingerprint density at radius 3 is 2.83 bits per heavy atom. The molecule has 4 nitrogen and oxygen atoms in total. The number of halogens is 2. The van der Waals surface area contributed by atoms with Crippen molar-refractivity contribution in [2.45, 2.75) is 19.4 Å². The molecule has 6 heteroatoms. The van der Waals surface area contributed by atoms with Crippen LogP contribution in [0.25, 0.3) is 0 Å². The van der Waals surface area contributed by atoms with E-state index < -0.39 is 17.7 Å². The third-order valence-electron chi connectivity index (χ3n) is 3.71. The van der Waals surface area contributed by atoms with Gasteiger partial charge in [0.05, 0.1) is 17.9 Å². The summed E-state index contributed by atoms with van der Waals surface area (Å²) in [6.45, 7) is 2.33. The fourth-order valence-electron chi connectivity index (χ4n) is 2.48. The molecule has 120 valence electrons. The molecule has 3 rings (SSSR count). The van der Waals surface area contributed by atoms with Crippen LogP contribution in [0.1, 0.15) is 13.3 Å². The average Bonchev–Trinajstić information content (AvgIpc) is 2.56. The van der Waals surface area contributed by atoms with Gasteiger partial charge < -0.3 is 10.1 Å². The van der Waals surface area contributed by atoms with Crippen molar-refractivity contribution in [1.29, 1.82) is 0 Å². The molecule has 1 unspecified atom stereocenters. The van der Waals surface area contributed by atoms with E-state index in [9.17, 15) is 13.6 Å². The Kier molecular flexibility index (Phi) is 4.14. The molecule has 23 heavy (non-hydrogen) atoms. The molecule has 2 aromatic rings. The fourth-order valence-corrected chi connectivity index (χ4v) is 2.48. The van der Waals surface area contributed by atoms with Gasteiger partial charge in [-0.3, -0.25) is 4.90 Å². The molecular formula is C17H16F2N2O2. The van der Waals surface area contributed by atoms with Gasteiger partial charge in [0.15, 0.2) is 0 Å². The lowest BCUT2D eigenvalue weighted by molar-refractivity contribution is 0.188. The maximum Gasteiger partial charge on any atom is 0.326 e. The summed E-state index contributed by atoms with van der Waals surface area (Å²) >= 11 is 0. The maximum atomic E-state index is 13.7. The molecule has 1 heterocycles. The molecule has 0 saturated carbocycles. The van der Waals surface area contributed by atoms with Crippen LogP contribution in [0, 0.1) is 11.6 Å². The minimum Gasteiger partial charge on any atom is -0.486 e. The highest BCUT2D eigenvalue weighted by Gasteiger charge is 2.29. The summed E-state index contributed by atoms with van der Waals surface area (Å²) in [5, 5.41) is 2.48. The second-order valence-corrected chi connectivity index (χ2v) is 5.28. The SMILES string of the molecule is CCC1CN(C(=O)Nc2ccc(F)cc2F)c2ccccc2O1. The van der Waals surface area contributed by atoms with Crippen LogP contribution < -0.4 is 15.0 Å². The number of amides is 2. The van der Waals surface area contributed by atoms with Gasteiger partial charge in [-0.05, 0) is 30.7 Å². The topological polar surface area (TPSA) is 41.6 Å². The number of hydrogen-bond donors (Lipinski definition) is 1. The third kappa shape index (κ3) is 3.11. The number of fused-ring (bicyclic) bond motifs is 1. The highest BCUT2D eigenvalue weighted by molar-refractivity contribution is 6.03. The monoisotopic (exact) mass is 318 g/mol. The predicted molar refractivity (Wildman–Crippen MR) is 83.9 cm³/mol. The summed E-state index contributed by atoms with van der Waals surface area (Å²) in [6.07, 6.45) is 0.608. The largest absolute Gasteiger partial charge is 0.486 e. The zero-order chi connectivity index (χ0) is 16.4. The van der Waals surface area contributed by atoms with Gasteiger partial charge >= 0.3 is 6.03 Å². The Hall–Kier alpha value is -2.63. The number of benzene rings is 2. The van der Waals surface area contributed by atoms with Crippen molar-refractivity contribution in [3.8, 4) is 5.75 Å². The van der Waals surface area contributed by atoms with Gasteiger partial charge in [-0.2, -0.15) is 0 Å². The van der Waals surface area contributed by atoms with Gasteiger partial charge in [0.2, 0.25) is 0 Å². The Balaban J connectivity index is 1.86. The van der Waals surface area contributed by atoms with Gasteiger partial charge in [-0.15, -0.1) is 0 Å². The zero-order valence-corrected chi connectivity index (χ0v) is 12.6. The molecule has 1 aliphatic rings. The number of para-hydroxylation sites is 2. The van der Waals surface area contributed by atoms with E-state index in [1.807, 2.05) is 13.0 Å². The van der Waals surface area contributed by atoms with E-state index >= 15 is 0 Å². The van der Waals surface area contributed by atoms with Crippen LogP contribution in [0.2, 0.25) is 0 Å². The summed E-state index contributed by atoms with van der Waals surface area (Å²) < 4.78 is 32.5. The van der Waals surface area contributed by atoms with Gasteiger partial charge in [0, 0.05) is 6.07 Å². The number of hydrogen-bond acceptors (Lipinski definition) is 2. The Labute approximate surface area is 132 Å². The average molecular weight is 318 g/mol. The summed E-state index contributed by atoms with van der Waals surface area (Å²) in [5.41, 5.74) is 0.561. The fraction of sp³-hybridized carbons (Fsp3) is 0.235. The van der Waals surface area contributed by atoms with Crippen LogP contribution in [-0.4, -0.2) is 18.7 Å². The van der Waals surface area contributed by atoms with Crippen LogP contribution in [0.3, 0.4) is 0 Å². The molecular weight excluding hydrogens is 302 g/mol. The number of rotatable bonds is 2. The number of carbonyl (C=O) groups excluding carboxylic acids is 1. The molecule has 0 radical (unpaired) electrons. The predicted octanol–water partition coefficient (Wildman–Crippen LogP) is 4.17. The van der Waals surface area contributed by atoms with Gasteiger partial charge in [-0.25, -0.2) is 13.6 Å². The van der Waals surface area contributed by atoms with E-state index in [4.69, 9.17) is 4.74 Å². The van der Waals surface area contributed by atoms with Gasteiger partial charge in [0.25, 0.3) is 0 Å². The summed E-state index contributed by atoms with van der Waals surface area (Å²) in [4.78, 5) is 14.0. The summed E-state index contributed by atoms with van der Waals surface area (Å²) in [5.74, 6) is -0.893.